The maximum absolute atomic E-state index is 9.10. The molecule has 0 spiro atoms. The molecule has 0 saturated heterocycles. The normalized spacial score (nSPS) is 4.89. The first-order chi connectivity index (χ1) is 2.64. The summed E-state index contributed by atoms with van der Waals surface area (Å²) >= 11 is 0. The quantitative estimate of drug-likeness (QED) is 0.300. The second-order valence-electron chi connectivity index (χ2n) is 0.610. The molecular weight excluding hydrogens is 191 g/mol. The van der Waals surface area contributed by atoms with Gasteiger partial charge in [0, 0.05) is 21.7 Å². The number of carbonyl (C=O) groups is 2. The Morgan fingerprint density at radius 3 is 1.22 bits per heavy atom. The summed E-state index contributed by atoms with van der Waals surface area (Å²) in [5, 5.41) is 14.8. The van der Waals surface area contributed by atoms with Crippen LogP contribution in [0.1, 0.15) is 1.43 Å². The third-order valence-electron chi connectivity index (χ3n) is 0.183. The molecule has 0 aromatic rings. The molecule has 0 rings (SSSR count). The molecule has 48 valence electrons. The third kappa shape index (κ3) is 17.6. The number of carboxylic acid groups (broad SMARTS) is 2. The van der Waals surface area contributed by atoms with Crippen molar-refractivity contribution in [3.63, 3.8) is 0 Å². The molecule has 0 heterocycles. The molecule has 0 unspecified atom stereocenters. The minimum absolute atomic E-state index is 0. The van der Waals surface area contributed by atoms with Crippen molar-refractivity contribution in [3.05, 3.63) is 0 Å². The Balaban J connectivity index is -0.0000000208. The molecule has 0 bridgehead atoms. The van der Waals surface area contributed by atoms with Crippen LogP contribution in [0.25, 0.3) is 0 Å². The first-order valence-corrected chi connectivity index (χ1v) is 1.11. The minimum Gasteiger partial charge on any atom is -1.00 e. The van der Waals surface area contributed by atoms with Crippen LogP contribution in [0.15, 0.2) is 0 Å². The van der Waals surface area contributed by atoms with Crippen LogP contribution in [0.5, 0.6) is 0 Å². The summed E-state index contributed by atoms with van der Waals surface area (Å²) in [6, 6.07) is 0. The van der Waals surface area contributed by atoms with Crippen molar-refractivity contribution in [1.29, 1.82) is 0 Å². The van der Waals surface area contributed by atoms with Gasteiger partial charge in [0.05, 0.1) is 0 Å². The van der Waals surface area contributed by atoms with E-state index in [4.69, 9.17) is 19.8 Å². The van der Waals surface area contributed by atoms with E-state index in [-0.39, 0.29) is 80.0 Å². The van der Waals surface area contributed by atoms with E-state index >= 15 is 0 Å². The standard InChI is InChI=1S/C2H2O4.K.H2O.Ti.H/c3-1(4)2(5)6;;;;/h(H,3,4)(H,5,6);;1H2;;/q;+1;;;-1. The van der Waals surface area contributed by atoms with Crippen LogP contribution < -0.4 is 51.4 Å². The van der Waals surface area contributed by atoms with E-state index in [1.807, 2.05) is 0 Å². The minimum atomic E-state index is -1.82. The predicted molar refractivity (Wildman–Crippen MR) is 20.0 cm³/mol. The van der Waals surface area contributed by atoms with Crippen LogP contribution >= 0.6 is 0 Å². The summed E-state index contributed by atoms with van der Waals surface area (Å²) in [6.07, 6.45) is 0. The first-order valence-electron chi connectivity index (χ1n) is 1.11. The molecule has 0 aromatic heterocycles. The molecule has 0 radical (unpaired) electrons. The van der Waals surface area contributed by atoms with Crippen LogP contribution in [0, 0.1) is 0 Å². The Morgan fingerprint density at radius 2 is 1.22 bits per heavy atom. The van der Waals surface area contributed by atoms with Gasteiger partial charge >= 0.3 is 63.3 Å². The molecule has 4 N–H and O–H groups in total. The fourth-order valence-electron chi connectivity index (χ4n) is 0. The van der Waals surface area contributed by atoms with Crippen molar-refractivity contribution in [2.75, 3.05) is 0 Å². The van der Waals surface area contributed by atoms with Gasteiger partial charge in [-0.05, 0) is 0 Å². The molecule has 0 aromatic carbocycles. The summed E-state index contributed by atoms with van der Waals surface area (Å²) in [7, 11) is 0. The van der Waals surface area contributed by atoms with Crippen LogP contribution in [0.3, 0.4) is 0 Å². The zero-order valence-electron chi connectivity index (χ0n) is 5.71. The third-order valence-corrected chi connectivity index (χ3v) is 0.183. The largest absolute Gasteiger partial charge is 1.00 e. The maximum atomic E-state index is 9.10. The van der Waals surface area contributed by atoms with Crippen LogP contribution in [0.2, 0.25) is 0 Å². The van der Waals surface area contributed by atoms with E-state index in [2.05, 4.69) is 0 Å². The van der Waals surface area contributed by atoms with E-state index in [9.17, 15) is 0 Å². The van der Waals surface area contributed by atoms with Gasteiger partial charge in [0.2, 0.25) is 0 Å². The molecule has 7 heteroatoms. The second kappa shape index (κ2) is 12.0. The van der Waals surface area contributed by atoms with Crippen LogP contribution in [-0.4, -0.2) is 27.6 Å². The average Bonchev–Trinajstić information content (AvgIpc) is 1.36. The molecule has 0 aliphatic rings. The zero-order valence-corrected chi connectivity index (χ0v) is 9.40. The van der Waals surface area contributed by atoms with Gasteiger partial charge in [-0.2, -0.15) is 0 Å². The summed E-state index contributed by atoms with van der Waals surface area (Å²) in [6.45, 7) is 0. The summed E-state index contributed by atoms with van der Waals surface area (Å²) in [4.78, 5) is 18.2. The van der Waals surface area contributed by atoms with Gasteiger partial charge in [-0.15, -0.1) is 0 Å². The van der Waals surface area contributed by atoms with Crippen molar-refractivity contribution < 1.29 is 99.8 Å². The monoisotopic (exact) mass is 196 g/mol. The van der Waals surface area contributed by atoms with E-state index < -0.39 is 11.9 Å². The number of hydrogen-bond acceptors (Lipinski definition) is 2. The van der Waals surface area contributed by atoms with Crippen LogP contribution in [-0.2, 0) is 31.3 Å². The Labute approximate surface area is 110 Å². The molecule has 0 atom stereocenters. The first kappa shape index (κ1) is 22.5. The summed E-state index contributed by atoms with van der Waals surface area (Å²) in [5.41, 5.74) is 0. The zero-order chi connectivity index (χ0) is 5.15. The molecule has 9 heavy (non-hydrogen) atoms. The molecule has 0 amide bonds. The van der Waals surface area contributed by atoms with Crippen LogP contribution in [0.4, 0.5) is 0 Å². The van der Waals surface area contributed by atoms with E-state index in [0.29, 0.717) is 0 Å². The maximum Gasteiger partial charge on any atom is 1.00 e. The fourth-order valence-corrected chi connectivity index (χ4v) is 0. The molecular formula is C2H5KO5Ti. The van der Waals surface area contributed by atoms with Gasteiger partial charge in [-0.3, -0.25) is 0 Å². The number of hydrogen-bond donors (Lipinski definition) is 2. The average molecular weight is 196 g/mol. The Hall–Kier alpha value is 1.25. The van der Waals surface area contributed by atoms with Crippen molar-refractivity contribution in [3.8, 4) is 0 Å². The topological polar surface area (TPSA) is 106 Å². The predicted octanol–water partition coefficient (Wildman–Crippen LogP) is -4.56. The molecule has 0 fully saturated rings. The van der Waals surface area contributed by atoms with Gasteiger partial charge < -0.3 is 17.1 Å². The molecule has 0 aliphatic carbocycles. The Morgan fingerprint density at radius 1 is 1.11 bits per heavy atom. The molecule has 0 saturated carbocycles. The van der Waals surface area contributed by atoms with Gasteiger partial charge in [0.1, 0.15) is 0 Å². The van der Waals surface area contributed by atoms with Gasteiger partial charge in [-0.25, -0.2) is 9.59 Å². The van der Waals surface area contributed by atoms with E-state index in [1.165, 1.54) is 0 Å². The van der Waals surface area contributed by atoms with Crippen molar-refractivity contribution >= 4 is 11.9 Å². The van der Waals surface area contributed by atoms with Crippen molar-refractivity contribution in [1.82, 2.24) is 0 Å². The molecule has 0 aliphatic heterocycles. The van der Waals surface area contributed by atoms with Gasteiger partial charge in [0.15, 0.2) is 0 Å². The van der Waals surface area contributed by atoms with Crippen molar-refractivity contribution in [2.24, 2.45) is 0 Å². The van der Waals surface area contributed by atoms with E-state index in [0.717, 1.165) is 0 Å². The summed E-state index contributed by atoms with van der Waals surface area (Å²) in [5.74, 6) is -3.65. The SMILES string of the molecule is O.O=C(O)C(=O)O.[H-].[K+].[Ti]. The number of rotatable bonds is 0. The number of carboxylic acids is 2. The Bertz CT molecular complexity index is 85.6. The smallest absolute Gasteiger partial charge is 1.00 e. The molecule has 5 nitrogen and oxygen atoms in total. The van der Waals surface area contributed by atoms with Crippen molar-refractivity contribution in [2.45, 2.75) is 0 Å². The summed E-state index contributed by atoms with van der Waals surface area (Å²) < 4.78 is 0. The van der Waals surface area contributed by atoms with Gasteiger partial charge in [0.25, 0.3) is 0 Å². The second-order valence-corrected chi connectivity index (χ2v) is 0.610. The van der Waals surface area contributed by atoms with Gasteiger partial charge in [-0.1, -0.05) is 0 Å². The fraction of sp³-hybridized carbons (Fsp3) is 0. The number of aliphatic carboxylic acids is 2. The Kier molecular flexibility index (Phi) is 29.9. The van der Waals surface area contributed by atoms with E-state index in [1.54, 1.807) is 0 Å².